The molecule has 3 heterocycles. The summed E-state index contributed by atoms with van der Waals surface area (Å²) in [6, 6.07) is 11.4. The molecule has 4 aromatic rings. The van der Waals surface area contributed by atoms with Crippen molar-refractivity contribution in [1.82, 2.24) is 24.4 Å². The van der Waals surface area contributed by atoms with Gasteiger partial charge in [-0.15, -0.1) is 5.10 Å². The molecule has 0 amide bonds. The Morgan fingerprint density at radius 1 is 1.13 bits per heavy atom. The zero-order valence-corrected chi connectivity index (χ0v) is 18.1. The number of aryl methyl sites for hydroxylation is 2. The zero-order valence-electron chi connectivity index (χ0n) is 18.1. The summed E-state index contributed by atoms with van der Waals surface area (Å²) < 4.78 is 4.03. The lowest BCUT2D eigenvalue weighted by Gasteiger charge is -2.24. The quantitative estimate of drug-likeness (QED) is 0.537. The zero-order chi connectivity index (χ0) is 20.8. The van der Waals surface area contributed by atoms with Crippen molar-refractivity contribution in [1.29, 1.82) is 0 Å². The lowest BCUT2D eigenvalue weighted by Crippen LogP contribution is -2.28. The Balaban J connectivity index is 1.42. The Morgan fingerprint density at radius 3 is 2.80 bits per heavy atom. The number of benzene rings is 1. The largest absolute Gasteiger partial charge is 0.350 e. The van der Waals surface area contributed by atoms with Gasteiger partial charge in [-0.3, -0.25) is 4.68 Å². The van der Waals surface area contributed by atoms with E-state index in [9.17, 15) is 0 Å². The molecule has 5 rings (SSSR count). The van der Waals surface area contributed by atoms with Crippen molar-refractivity contribution in [2.45, 2.75) is 59.0 Å². The number of anilines is 1. The molecular formula is C24H28N6. The summed E-state index contributed by atoms with van der Waals surface area (Å²) in [7, 11) is 0. The van der Waals surface area contributed by atoms with E-state index >= 15 is 0 Å². The maximum absolute atomic E-state index is 4.86. The van der Waals surface area contributed by atoms with Crippen LogP contribution < -0.4 is 5.32 Å². The number of rotatable bonds is 4. The molecule has 0 bridgehead atoms. The van der Waals surface area contributed by atoms with Gasteiger partial charge < -0.3 is 5.32 Å². The van der Waals surface area contributed by atoms with Crippen LogP contribution in [0.25, 0.3) is 16.8 Å². The number of fused-ring (bicyclic) bond motifs is 2. The summed E-state index contributed by atoms with van der Waals surface area (Å²) in [6.45, 7) is 8.65. The Morgan fingerprint density at radius 2 is 2.00 bits per heavy atom. The van der Waals surface area contributed by atoms with E-state index in [0.29, 0.717) is 18.0 Å². The van der Waals surface area contributed by atoms with Gasteiger partial charge in [0.25, 0.3) is 0 Å². The number of pyridine rings is 1. The van der Waals surface area contributed by atoms with Crippen molar-refractivity contribution in [2.75, 3.05) is 5.32 Å². The van der Waals surface area contributed by atoms with E-state index in [2.05, 4.69) is 67.1 Å². The highest BCUT2D eigenvalue weighted by atomic mass is 15.4. The third-order valence-corrected chi connectivity index (χ3v) is 6.04. The first-order valence-electron chi connectivity index (χ1n) is 10.7. The topological polar surface area (TPSA) is 60.0 Å². The van der Waals surface area contributed by atoms with Crippen LogP contribution in [0, 0.1) is 13.8 Å². The smallest absolute Gasteiger partial charge is 0.243 e. The third kappa shape index (κ3) is 3.26. The molecule has 6 nitrogen and oxygen atoms in total. The molecule has 154 valence electrons. The van der Waals surface area contributed by atoms with Crippen molar-refractivity contribution < 1.29 is 0 Å². The van der Waals surface area contributed by atoms with E-state index in [4.69, 9.17) is 10.1 Å². The maximum atomic E-state index is 4.86. The molecular weight excluding hydrogens is 372 g/mol. The molecule has 1 aliphatic rings. The van der Waals surface area contributed by atoms with Gasteiger partial charge in [-0.1, -0.05) is 23.8 Å². The molecule has 3 aromatic heterocycles. The number of aromatic nitrogens is 5. The predicted octanol–water partition coefficient (Wildman–Crippen LogP) is 4.76. The van der Waals surface area contributed by atoms with Crippen LogP contribution in [0.4, 0.5) is 5.95 Å². The molecule has 1 aliphatic carbocycles. The Bertz CT molecular complexity index is 1220. The molecule has 30 heavy (non-hydrogen) atoms. The summed E-state index contributed by atoms with van der Waals surface area (Å²) in [5.41, 5.74) is 8.44. The van der Waals surface area contributed by atoms with Gasteiger partial charge in [0.05, 0.1) is 6.20 Å². The third-order valence-electron chi connectivity index (χ3n) is 6.04. The van der Waals surface area contributed by atoms with Gasteiger partial charge >= 0.3 is 0 Å². The first-order chi connectivity index (χ1) is 14.5. The van der Waals surface area contributed by atoms with Crippen molar-refractivity contribution >= 4 is 11.6 Å². The summed E-state index contributed by atoms with van der Waals surface area (Å²) in [5.74, 6) is 0.692. The van der Waals surface area contributed by atoms with Crippen LogP contribution in [0.3, 0.4) is 0 Å². The average Bonchev–Trinajstić information content (AvgIpc) is 3.31. The highest BCUT2D eigenvalue weighted by Gasteiger charge is 2.24. The van der Waals surface area contributed by atoms with E-state index in [1.807, 2.05) is 23.0 Å². The molecule has 1 aromatic carbocycles. The van der Waals surface area contributed by atoms with Gasteiger partial charge in [0.15, 0.2) is 5.65 Å². The minimum Gasteiger partial charge on any atom is -0.350 e. The van der Waals surface area contributed by atoms with Crippen LogP contribution in [0.5, 0.6) is 0 Å². The fraction of sp³-hybridized carbons (Fsp3) is 0.375. The van der Waals surface area contributed by atoms with Crippen LogP contribution in [0.15, 0.2) is 42.7 Å². The summed E-state index contributed by atoms with van der Waals surface area (Å²) in [6.07, 6.45) is 7.05. The average molecular weight is 401 g/mol. The normalized spacial score (nSPS) is 16.2. The molecule has 0 radical (unpaired) electrons. The second kappa shape index (κ2) is 7.27. The van der Waals surface area contributed by atoms with Gasteiger partial charge in [-0.25, -0.2) is 4.52 Å². The van der Waals surface area contributed by atoms with Crippen LogP contribution in [-0.4, -0.2) is 30.4 Å². The maximum Gasteiger partial charge on any atom is 0.243 e. The van der Waals surface area contributed by atoms with Gasteiger partial charge in [0.2, 0.25) is 5.95 Å². The van der Waals surface area contributed by atoms with Crippen LogP contribution in [-0.2, 0) is 12.8 Å². The summed E-state index contributed by atoms with van der Waals surface area (Å²) >= 11 is 0. The molecule has 1 unspecified atom stereocenters. The fourth-order valence-electron chi connectivity index (χ4n) is 4.59. The Hall–Kier alpha value is -3.15. The highest BCUT2D eigenvalue weighted by molar-refractivity contribution is 5.80. The minimum atomic E-state index is 0.323. The molecule has 6 heteroatoms. The van der Waals surface area contributed by atoms with E-state index in [0.717, 1.165) is 30.5 Å². The van der Waals surface area contributed by atoms with E-state index in [1.165, 1.54) is 27.9 Å². The van der Waals surface area contributed by atoms with Gasteiger partial charge in [-0.05, 0) is 75.8 Å². The fourth-order valence-corrected chi connectivity index (χ4v) is 4.59. The van der Waals surface area contributed by atoms with Gasteiger partial charge in [0, 0.05) is 29.5 Å². The predicted molar refractivity (Wildman–Crippen MR) is 120 cm³/mol. The lowest BCUT2D eigenvalue weighted by molar-refractivity contribution is 0.487. The molecule has 0 aliphatic heterocycles. The SMILES string of the molecule is Cc1ccc(-c2cccn3nc(NC4CCc5c(cnn5C(C)C)C4)nc23)c(C)c1. The Labute approximate surface area is 177 Å². The monoisotopic (exact) mass is 400 g/mol. The molecule has 1 N–H and O–H groups in total. The second-order valence-corrected chi connectivity index (χ2v) is 8.68. The van der Waals surface area contributed by atoms with Crippen molar-refractivity contribution in [3.8, 4) is 11.1 Å². The minimum absolute atomic E-state index is 0.323. The van der Waals surface area contributed by atoms with Crippen LogP contribution >= 0.6 is 0 Å². The number of nitrogens with zero attached hydrogens (tertiary/aromatic N) is 5. The molecule has 1 atom stereocenters. The van der Waals surface area contributed by atoms with Gasteiger partial charge in [0.1, 0.15) is 0 Å². The summed E-state index contributed by atoms with van der Waals surface area (Å²) in [4.78, 5) is 4.86. The second-order valence-electron chi connectivity index (χ2n) is 8.68. The van der Waals surface area contributed by atoms with Crippen molar-refractivity contribution in [3.05, 3.63) is 65.1 Å². The summed E-state index contributed by atoms with van der Waals surface area (Å²) in [5, 5.41) is 12.9. The molecule has 0 saturated carbocycles. The molecule has 0 saturated heterocycles. The first-order valence-corrected chi connectivity index (χ1v) is 10.7. The van der Waals surface area contributed by atoms with Crippen LogP contribution in [0.1, 0.15) is 48.7 Å². The van der Waals surface area contributed by atoms with Gasteiger partial charge in [-0.2, -0.15) is 10.1 Å². The molecule has 0 fully saturated rings. The number of nitrogens with one attached hydrogen (secondary N) is 1. The van der Waals surface area contributed by atoms with Crippen molar-refractivity contribution in [3.63, 3.8) is 0 Å². The molecule has 0 spiro atoms. The Kier molecular flexibility index (Phi) is 4.57. The number of hydrogen-bond acceptors (Lipinski definition) is 4. The van der Waals surface area contributed by atoms with Crippen molar-refractivity contribution in [2.24, 2.45) is 0 Å². The lowest BCUT2D eigenvalue weighted by atomic mass is 9.93. The standard InChI is InChI=1S/C24H28N6/c1-15(2)30-22-10-8-19(13-18(22)14-25-30)26-24-27-23-21(6-5-11-29(23)28-24)20-9-7-16(3)12-17(20)4/h5-7,9,11-12,14-15,19H,8,10,13H2,1-4H3,(H,26,28). The van der Waals surface area contributed by atoms with Crippen LogP contribution in [0.2, 0.25) is 0 Å². The first kappa shape index (κ1) is 18.9. The van der Waals surface area contributed by atoms with E-state index in [-0.39, 0.29) is 0 Å². The highest BCUT2D eigenvalue weighted by Crippen LogP contribution is 2.29. The van der Waals surface area contributed by atoms with E-state index in [1.54, 1.807) is 0 Å². The van der Waals surface area contributed by atoms with E-state index < -0.39 is 0 Å². The number of hydrogen-bond donors (Lipinski definition) is 1.